The molecule has 2 aliphatic heterocycles. The molecule has 0 amide bonds. The van der Waals surface area contributed by atoms with Crippen LogP contribution in [0.5, 0.6) is 5.75 Å². The largest absolute Gasteiger partial charge is 0.488 e. The van der Waals surface area contributed by atoms with Crippen LogP contribution >= 0.6 is 0 Å². The Morgan fingerprint density at radius 1 is 1.12 bits per heavy atom. The fourth-order valence-electron chi connectivity index (χ4n) is 4.95. The van der Waals surface area contributed by atoms with E-state index < -0.39 is 0 Å². The van der Waals surface area contributed by atoms with Crippen molar-refractivity contribution < 1.29 is 9.13 Å². The van der Waals surface area contributed by atoms with Crippen LogP contribution in [0.1, 0.15) is 28.3 Å². The van der Waals surface area contributed by atoms with E-state index in [0.717, 1.165) is 51.9 Å². The predicted octanol–water partition coefficient (Wildman–Crippen LogP) is 4.46. The summed E-state index contributed by atoms with van der Waals surface area (Å²) < 4.78 is 22.0. The quantitative estimate of drug-likeness (QED) is 0.458. The van der Waals surface area contributed by atoms with Gasteiger partial charge in [0, 0.05) is 24.7 Å². The summed E-state index contributed by atoms with van der Waals surface area (Å²) >= 11 is 0. The van der Waals surface area contributed by atoms with Crippen molar-refractivity contribution in [2.45, 2.75) is 12.6 Å². The Morgan fingerprint density at radius 3 is 2.79 bits per heavy atom. The van der Waals surface area contributed by atoms with Gasteiger partial charge in [0.25, 0.3) is 0 Å². The molecule has 168 valence electrons. The Morgan fingerprint density at radius 2 is 1.97 bits per heavy atom. The number of imidazole rings is 1. The summed E-state index contributed by atoms with van der Waals surface area (Å²) in [5.41, 5.74) is 7.42. The SMILES string of the molecule is CN1CC(n2/c(=N/C#N)[nH]c3cc(/C=C4\c5ccccc5COc5cc(F)ccc54)ccc32)C1. The van der Waals surface area contributed by atoms with Gasteiger partial charge in [-0.1, -0.05) is 30.3 Å². The zero-order valence-electron chi connectivity index (χ0n) is 18.6. The number of likely N-dealkylation sites (N-methyl/N-ethyl adjacent to an activating group) is 1. The first-order valence-electron chi connectivity index (χ1n) is 11.2. The van der Waals surface area contributed by atoms with E-state index in [2.05, 4.69) is 56.8 Å². The maximum Gasteiger partial charge on any atom is 0.219 e. The topological polar surface area (TPSA) is 69.3 Å². The highest BCUT2D eigenvalue weighted by Crippen LogP contribution is 2.38. The average molecular weight is 452 g/mol. The first-order chi connectivity index (χ1) is 16.6. The number of ether oxygens (including phenoxy) is 1. The molecule has 0 radical (unpaired) electrons. The third-order valence-electron chi connectivity index (χ3n) is 6.56. The van der Waals surface area contributed by atoms with Gasteiger partial charge in [0.05, 0.1) is 17.1 Å². The normalized spacial score (nSPS) is 17.6. The zero-order chi connectivity index (χ0) is 23.2. The molecule has 6 rings (SSSR count). The molecule has 6 nitrogen and oxygen atoms in total. The minimum absolute atomic E-state index is 0.280. The number of H-pyrrole nitrogens is 1. The first-order valence-corrected chi connectivity index (χ1v) is 11.2. The van der Waals surface area contributed by atoms with Gasteiger partial charge >= 0.3 is 0 Å². The van der Waals surface area contributed by atoms with Crippen LogP contribution in [0.25, 0.3) is 22.7 Å². The Balaban J connectivity index is 1.52. The van der Waals surface area contributed by atoms with Crippen molar-refractivity contribution in [2.24, 2.45) is 4.99 Å². The Kier molecular flexibility index (Phi) is 4.82. The number of halogens is 1. The van der Waals surface area contributed by atoms with Gasteiger partial charge in [-0.05, 0) is 59.7 Å². The molecule has 0 atom stereocenters. The third-order valence-corrected chi connectivity index (χ3v) is 6.56. The molecule has 34 heavy (non-hydrogen) atoms. The van der Waals surface area contributed by atoms with Gasteiger partial charge in [-0.2, -0.15) is 5.26 Å². The number of nitrogens with one attached hydrogen (secondary N) is 1. The molecule has 3 heterocycles. The van der Waals surface area contributed by atoms with Crippen molar-refractivity contribution in [3.8, 4) is 11.9 Å². The van der Waals surface area contributed by atoms with Gasteiger partial charge < -0.3 is 19.2 Å². The van der Waals surface area contributed by atoms with Gasteiger partial charge in [0.15, 0.2) is 0 Å². The Hall–Kier alpha value is -4.15. The number of benzene rings is 3. The van der Waals surface area contributed by atoms with Gasteiger partial charge in [-0.25, -0.2) is 4.39 Å². The van der Waals surface area contributed by atoms with Crippen molar-refractivity contribution in [2.75, 3.05) is 20.1 Å². The monoisotopic (exact) mass is 451 g/mol. The number of aromatic nitrogens is 2. The number of likely N-dealkylation sites (tertiary alicyclic amines) is 1. The van der Waals surface area contributed by atoms with Crippen LogP contribution in [0.3, 0.4) is 0 Å². The molecule has 1 fully saturated rings. The molecular weight excluding hydrogens is 429 g/mol. The summed E-state index contributed by atoms with van der Waals surface area (Å²) in [5.74, 6) is 0.210. The van der Waals surface area contributed by atoms with Crippen molar-refractivity contribution in [1.29, 1.82) is 5.26 Å². The Bertz CT molecular complexity index is 1570. The van der Waals surface area contributed by atoms with Crippen LogP contribution in [0.15, 0.2) is 65.7 Å². The maximum absolute atomic E-state index is 14.0. The van der Waals surface area contributed by atoms with E-state index in [0.29, 0.717) is 18.0 Å². The number of rotatable bonds is 2. The maximum atomic E-state index is 14.0. The van der Waals surface area contributed by atoms with Gasteiger partial charge in [-0.15, -0.1) is 4.99 Å². The number of fused-ring (bicyclic) bond motifs is 3. The molecule has 3 aromatic carbocycles. The minimum atomic E-state index is -0.322. The van der Waals surface area contributed by atoms with Crippen LogP contribution in [0.2, 0.25) is 0 Å². The highest BCUT2D eigenvalue weighted by atomic mass is 19.1. The second kappa shape index (κ2) is 8.01. The highest BCUT2D eigenvalue weighted by Gasteiger charge is 2.27. The van der Waals surface area contributed by atoms with E-state index >= 15 is 0 Å². The average Bonchev–Trinajstić information content (AvgIpc) is 3.08. The lowest BCUT2D eigenvalue weighted by Crippen LogP contribution is -2.47. The third kappa shape index (κ3) is 3.40. The van der Waals surface area contributed by atoms with Crippen molar-refractivity contribution in [1.82, 2.24) is 14.5 Å². The lowest BCUT2D eigenvalue weighted by molar-refractivity contribution is 0.140. The molecule has 0 aliphatic carbocycles. The van der Waals surface area contributed by atoms with Gasteiger partial charge in [0.2, 0.25) is 11.8 Å². The smallest absolute Gasteiger partial charge is 0.219 e. The zero-order valence-corrected chi connectivity index (χ0v) is 18.6. The summed E-state index contributed by atoms with van der Waals surface area (Å²) in [6.45, 7) is 2.22. The number of hydrogen-bond acceptors (Lipinski definition) is 4. The number of aromatic amines is 1. The molecule has 1 N–H and O–H groups in total. The summed E-state index contributed by atoms with van der Waals surface area (Å²) in [5, 5.41) is 9.19. The van der Waals surface area contributed by atoms with Crippen LogP contribution in [-0.4, -0.2) is 34.6 Å². The molecule has 2 aliphatic rings. The number of nitrogens with zero attached hydrogens (tertiary/aromatic N) is 4. The molecule has 1 aromatic heterocycles. The van der Waals surface area contributed by atoms with Crippen LogP contribution in [-0.2, 0) is 6.61 Å². The van der Waals surface area contributed by atoms with Gasteiger partial charge in [-0.3, -0.25) is 0 Å². The lowest BCUT2D eigenvalue weighted by Gasteiger charge is -2.37. The van der Waals surface area contributed by atoms with E-state index in [1.54, 1.807) is 6.07 Å². The van der Waals surface area contributed by atoms with E-state index in [-0.39, 0.29) is 11.9 Å². The molecule has 0 spiro atoms. The summed E-state index contributed by atoms with van der Waals surface area (Å²) in [7, 11) is 2.08. The standard InChI is InChI=1S/C27H22FN5O/c1-32-13-20(14-32)33-25-9-6-17(11-24(25)31-27(33)30-16-29)10-23-21-5-3-2-4-18(21)15-34-26-12-19(28)7-8-22(23)26/h2-12,20H,13-15H2,1H3,(H,30,31)/b23-10+. The van der Waals surface area contributed by atoms with Gasteiger partial charge in [0.1, 0.15) is 18.2 Å². The fourth-order valence-corrected chi connectivity index (χ4v) is 4.95. The van der Waals surface area contributed by atoms with E-state index in [1.807, 2.05) is 24.4 Å². The van der Waals surface area contributed by atoms with E-state index in [1.165, 1.54) is 12.1 Å². The van der Waals surface area contributed by atoms with Crippen LogP contribution < -0.4 is 10.4 Å². The molecular formula is C27H22FN5O. The highest BCUT2D eigenvalue weighted by molar-refractivity contribution is 5.95. The molecule has 7 heteroatoms. The Labute approximate surface area is 195 Å². The fraction of sp³-hybridized carbons (Fsp3) is 0.185. The van der Waals surface area contributed by atoms with Crippen LogP contribution in [0, 0.1) is 17.3 Å². The molecule has 0 saturated carbocycles. The summed E-state index contributed by atoms with van der Waals surface area (Å²) in [6, 6.07) is 19.3. The number of hydrogen-bond donors (Lipinski definition) is 1. The molecule has 4 aromatic rings. The second-order valence-electron chi connectivity index (χ2n) is 8.83. The summed E-state index contributed by atoms with van der Waals surface area (Å²) in [6.07, 6.45) is 4.02. The molecule has 1 saturated heterocycles. The second-order valence-corrected chi connectivity index (χ2v) is 8.83. The first kappa shape index (κ1) is 20.5. The van der Waals surface area contributed by atoms with E-state index in [9.17, 15) is 9.65 Å². The lowest BCUT2D eigenvalue weighted by atomic mass is 9.92. The summed E-state index contributed by atoms with van der Waals surface area (Å²) in [4.78, 5) is 9.57. The minimum Gasteiger partial charge on any atom is -0.488 e. The number of nitriles is 1. The molecule has 0 bridgehead atoms. The van der Waals surface area contributed by atoms with Crippen molar-refractivity contribution in [3.63, 3.8) is 0 Å². The van der Waals surface area contributed by atoms with Crippen molar-refractivity contribution >= 4 is 22.7 Å². The van der Waals surface area contributed by atoms with Crippen molar-refractivity contribution in [3.05, 3.63) is 94.4 Å². The predicted molar refractivity (Wildman–Crippen MR) is 128 cm³/mol. The van der Waals surface area contributed by atoms with Crippen LogP contribution in [0.4, 0.5) is 4.39 Å². The molecule has 0 unspecified atom stereocenters. The van der Waals surface area contributed by atoms with E-state index in [4.69, 9.17) is 4.74 Å².